The molecule has 0 aromatic heterocycles. The van der Waals surface area contributed by atoms with Crippen LogP contribution in [-0.4, -0.2) is 73.7 Å². The van der Waals surface area contributed by atoms with Crippen LogP contribution in [0, 0.1) is 11.3 Å². The van der Waals surface area contributed by atoms with Gasteiger partial charge in [0, 0.05) is 44.4 Å². The van der Waals surface area contributed by atoms with Gasteiger partial charge in [0.05, 0.1) is 14.2 Å². The molecule has 1 aromatic rings. The Morgan fingerprint density at radius 2 is 1.90 bits per heavy atom. The molecule has 0 unspecified atom stereocenters. The van der Waals surface area contributed by atoms with Crippen LogP contribution in [-0.2, 0) is 16.0 Å². The highest BCUT2D eigenvalue weighted by molar-refractivity contribution is 5.77. The predicted molar refractivity (Wildman–Crippen MR) is 114 cm³/mol. The van der Waals surface area contributed by atoms with Gasteiger partial charge in [-0.2, -0.15) is 0 Å². The van der Waals surface area contributed by atoms with E-state index in [9.17, 15) is 14.7 Å². The standard InChI is InChI=1S/C23H34N2O5/c1-4-11-24-13-18-14-25(16-23(18,15-24)10-9-22(27)28)21(26)8-6-17-5-7-19(29-2)20(12-17)30-3/h5,7,12,18H,4,6,8-11,13-16H2,1-3H3,(H,27,28)/t18-,23+/m0/s1. The Labute approximate surface area is 178 Å². The van der Waals surface area contributed by atoms with Crippen LogP contribution in [0.3, 0.4) is 0 Å². The molecule has 0 spiro atoms. The molecule has 1 amide bonds. The van der Waals surface area contributed by atoms with Gasteiger partial charge in [-0.3, -0.25) is 9.59 Å². The van der Waals surface area contributed by atoms with Crippen molar-refractivity contribution < 1.29 is 24.2 Å². The number of fused-ring (bicyclic) bond motifs is 1. The summed E-state index contributed by atoms with van der Waals surface area (Å²) in [5, 5.41) is 9.21. The van der Waals surface area contributed by atoms with Crippen molar-refractivity contribution in [3.05, 3.63) is 23.8 Å². The molecule has 2 saturated heterocycles. The number of aryl methyl sites for hydroxylation is 1. The normalized spacial score (nSPS) is 23.4. The van der Waals surface area contributed by atoms with Crippen LogP contribution >= 0.6 is 0 Å². The number of hydrogen-bond acceptors (Lipinski definition) is 5. The number of hydrogen-bond donors (Lipinski definition) is 1. The fourth-order valence-corrected chi connectivity index (χ4v) is 5.13. The number of ether oxygens (including phenoxy) is 2. The topological polar surface area (TPSA) is 79.3 Å². The van der Waals surface area contributed by atoms with E-state index in [4.69, 9.17) is 9.47 Å². The van der Waals surface area contributed by atoms with E-state index in [1.54, 1.807) is 14.2 Å². The molecular formula is C23H34N2O5. The molecule has 2 aliphatic rings. The number of methoxy groups -OCH3 is 2. The lowest BCUT2D eigenvalue weighted by atomic mass is 9.77. The summed E-state index contributed by atoms with van der Waals surface area (Å²) in [7, 11) is 3.21. The lowest BCUT2D eigenvalue weighted by molar-refractivity contribution is -0.137. The average Bonchev–Trinajstić information content (AvgIpc) is 3.24. The van der Waals surface area contributed by atoms with E-state index >= 15 is 0 Å². The fourth-order valence-electron chi connectivity index (χ4n) is 5.13. The summed E-state index contributed by atoms with van der Waals surface area (Å²) in [6.07, 6.45) is 2.99. The molecule has 1 N–H and O–H groups in total. The third kappa shape index (κ3) is 4.89. The van der Waals surface area contributed by atoms with Gasteiger partial charge in [-0.15, -0.1) is 0 Å². The Kier molecular flexibility index (Phi) is 7.23. The largest absolute Gasteiger partial charge is 0.493 e. The van der Waals surface area contributed by atoms with E-state index in [0.717, 1.165) is 38.2 Å². The second-order valence-electron chi connectivity index (χ2n) is 8.65. The van der Waals surface area contributed by atoms with Crippen LogP contribution in [0.4, 0.5) is 0 Å². The van der Waals surface area contributed by atoms with Gasteiger partial charge >= 0.3 is 5.97 Å². The van der Waals surface area contributed by atoms with Crippen LogP contribution in [0.2, 0.25) is 0 Å². The third-order valence-corrected chi connectivity index (χ3v) is 6.63. The molecule has 0 radical (unpaired) electrons. The molecule has 0 bridgehead atoms. The minimum atomic E-state index is -0.754. The second-order valence-corrected chi connectivity index (χ2v) is 8.65. The molecule has 3 rings (SSSR count). The van der Waals surface area contributed by atoms with Crippen LogP contribution in [0.5, 0.6) is 11.5 Å². The molecule has 7 heteroatoms. The van der Waals surface area contributed by atoms with E-state index in [1.807, 2.05) is 23.1 Å². The van der Waals surface area contributed by atoms with E-state index in [-0.39, 0.29) is 17.7 Å². The van der Waals surface area contributed by atoms with Crippen molar-refractivity contribution in [2.75, 3.05) is 46.9 Å². The lowest BCUT2D eigenvalue weighted by Gasteiger charge is -2.29. The summed E-state index contributed by atoms with van der Waals surface area (Å²) in [5.74, 6) is 1.11. The van der Waals surface area contributed by atoms with Crippen molar-refractivity contribution in [2.24, 2.45) is 11.3 Å². The van der Waals surface area contributed by atoms with Gasteiger partial charge in [0.2, 0.25) is 5.91 Å². The van der Waals surface area contributed by atoms with E-state index < -0.39 is 5.97 Å². The monoisotopic (exact) mass is 418 g/mol. The molecular weight excluding hydrogens is 384 g/mol. The third-order valence-electron chi connectivity index (χ3n) is 6.63. The molecule has 166 valence electrons. The summed E-state index contributed by atoms with van der Waals surface area (Å²) < 4.78 is 10.6. The number of rotatable bonds is 10. The maximum atomic E-state index is 13.0. The maximum Gasteiger partial charge on any atom is 0.303 e. The molecule has 1 aromatic carbocycles. The van der Waals surface area contributed by atoms with Crippen molar-refractivity contribution in [1.29, 1.82) is 0 Å². The summed E-state index contributed by atoms with van der Waals surface area (Å²) in [6.45, 7) is 6.49. The summed E-state index contributed by atoms with van der Waals surface area (Å²) in [6, 6.07) is 5.74. The van der Waals surface area contributed by atoms with E-state index in [2.05, 4.69) is 11.8 Å². The SMILES string of the molecule is CCCN1C[C@H]2CN(C(=O)CCc3ccc(OC)c(OC)c3)C[C@@]2(CCC(=O)O)C1. The predicted octanol–water partition coefficient (Wildman–Crippen LogP) is 2.67. The first kappa shape index (κ1) is 22.4. The maximum absolute atomic E-state index is 13.0. The average molecular weight is 419 g/mol. The Balaban J connectivity index is 1.61. The first-order valence-corrected chi connectivity index (χ1v) is 10.8. The molecule has 0 saturated carbocycles. The zero-order valence-corrected chi connectivity index (χ0v) is 18.4. The van der Waals surface area contributed by atoms with Crippen LogP contribution in [0.25, 0.3) is 0 Å². The van der Waals surface area contributed by atoms with Crippen LogP contribution in [0.1, 0.15) is 38.2 Å². The highest BCUT2D eigenvalue weighted by Gasteiger charge is 2.52. The zero-order chi connectivity index (χ0) is 21.7. The van der Waals surface area contributed by atoms with Crippen molar-refractivity contribution in [3.63, 3.8) is 0 Å². The van der Waals surface area contributed by atoms with Gasteiger partial charge in [-0.25, -0.2) is 0 Å². The number of carboxylic acid groups (broad SMARTS) is 1. The number of carbonyl (C=O) groups is 2. The molecule has 2 fully saturated rings. The highest BCUT2D eigenvalue weighted by Crippen LogP contribution is 2.46. The van der Waals surface area contributed by atoms with Crippen molar-refractivity contribution in [3.8, 4) is 11.5 Å². The zero-order valence-electron chi connectivity index (χ0n) is 18.4. The Morgan fingerprint density at radius 3 is 2.57 bits per heavy atom. The van der Waals surface area contributed by atoms with E-state index in [0.29, 0.717) is 43.2 Å². The fraction of sp³-hybridized carbons (Fsp3) is 0.652. The highest BCUT2D eigenvalue weighted by atomic mass is 16.5. The number of carboxylic acids is 1. The number of benzene rings is 1. The van der Waals surface area contributed by atoms with Crippen molar-refractivity contribution in [1.82, 2.24) is 9.80 Å². The molecule has 2 atom stereocenters. The summed E-state index contributed by atoms with van der Waals surface area (Å²) in [4.78, 5) is 28.6. The van der Waals surface area contributed by atoms with E-state index in [1.165, 1.54) is 0 Å². The molecule has 2 aliphatic heterocycles. The van der Waals surface area contributed by atoms with Gasteiger partial charge in [-0.05, 0) is 49.4 Å². The summed E-state index contributed by atoms with van der Waals surface area (Å²) in [5.41, 5.74) is 0.960. The number of carbonyl (C=O) groups excluding carboxylic acids is 1. The number of aliphatic carboxylic acids is 1. The molecule has 2 heterocycles. The lowest BCUT2D eigenvalue weighted by Crippen LogP contribution is -2.37. The van der Waals surface area contributed by atoms with Crippen LogP contribution < -0.4 is 9.47 Å². The quantitative estimate of drug-likeness (QED) is 0.629. The summed E-state index contributed by atoms with van der Waals surface area (Å²) >= 11 is 0. The smallest absolute Gasteiger partial charge is 0.303 e. The molecule has 0 aliphatic carbocycles. The van der Waals surface area contributed by atoms with Crippen molar-refractivity contribution in [2.45, 2.75) is 39.0 Å². The minimum Gasteiger partial charge on any atom is -0.493 e. The van der Waals surface area contributed by atoms with Gasteiger partial charge < -0.3 is 24.4 Å². The van der Waals surface area contributed by atoms with Gasteiger partial charge in [0.1, 0.15) is 0 Å². The first-order valence-electron chi connectivity index (χ1n) is 10.8. The molecule has 30 heavy (non-hydrogen) atoms. The first-order chi connectivity index (χ1) is 14.4. The minimum absolute atomic E-state index is 0.0768. The number of amides is 1. The Hall–Kier alpha value is -2.28. The van der Waals surface area contributed by atoms with Crippen molar-refractivity contribution >= 4 is 11.9 Å². The van der Waals surface area contributed by atoms with Gasteiger partial charge in [-0.1, -0.05) is 13.0 Å². The van der Waals surface area contributed by atoms with Gasteiger partial charge in [0.25, 0.3) is 0 Å². The Bertz CT molecular complexity index is 768. The number of nitrogens with zero attached hydrogens (tertiary/aromatic N) is 2. The second kappa shape index (κ2) is 9.69. The molecule has 7 nitrogen and oxygen atoms in total. The Morgan fingerprint density at radius 1 is 1.13 bits per heavy atom. The van der Waals surface area contributed by atoms with Crippen LogP contribution in [0.15, 0.2) is 18.2 Å². The number of likely N-dealkylation sites (tertiary alicyclic amines) is 2. The van der Waals surface area contributed by atoms with Gasteiger partial charge in [0.15, 0.2) is 11.5 Å².